The third-order valence-corrected chi connectivity index (χ3v) is 5.89. The minimum absolute atomic E-state index is 0.00000165. The first-order valence-electron chi connectivity index (χ1n) is 7.24. The standard InChI is InChI=1S/C15H18FN3O3S/c1-10-17-15(9-18(10)2)23(21,22)19-8-13(20)7-14(19)11-3-5-12(16)6-4-11/h3-6,9,13-14,20H,7-8H2,1-2H3/t13-,14-/m1/s1. The molecule has 0 radical (unpaired) electrons. The van der Waals surface area contributed by atoms with Gasteiger partial charge in [0.25, 0.3) is 10.0 Å². The van der Waals surface area contributed by atoms with Crippen molar-refractivity contribution in [3.63, 3.8) is 0 Å². The van der Waals surface area contributed by atoms with Crippen LogP contribution in [0.4, 0.5) is 4.39 Å². The lowest BCUT2D eigenvalue weighted by atomic mass is 10.0. The lowest BCUT2D eigenvalue weighted by Crippen LogP contribution is -2.32. The molecule has 0 saturated carbocycles. The van der Waals surface area contributed by atoms with Crippen molar-refractivity contribution in [2.75, 3.05) is 6.54 Å². The first kappa shape index (κ1) is 16.1. The van der Waals surface area contributed by atoms with Gasteiger partial charge in [-0.05, 0) is 31.0 Å². The third-order valence-electron chi connectivity index (χ3n) is 4.15. The Labute approximate surface area is 134 Å². The molecule has 6 nitrogen and oxygen atoms in total. The van der Waals surface area contributed by atoms with Gasteiger partial charge in [-0.1, -0.05) is 12.1 Å². The van der Waals surface area contributed by atoms with Crippen molar-refractivity contribution < 1.29 is 17.9 Å². The van der Waals surface area contributed by atoms with Crippen LogP contribution in [0.25, 0.3) is 0 Å². The Morgan fingerprint density at radius 3 is 2.52 bits per heavy atom. The Hall–Kier alpha value is -1.77. The SMILES string of the molecule is Cc1nc(S(=O)(=O)N2C[C@H](O)C[C@@H]2c2ccc(F)cc2)cn1C. The van der Waals surface area contributed by atoms with Crippen LogP contribution >= 0.6 is 0 Å². The maximum absolute atomic E-state index is 13.1. The maximum Gasteiger partial charge on any atom is 0.262 e. The summed E-state index contributed by atoms with van der Waals surface area (Å²) in [5.74, 6) is 0.198. The number of aliphatic hydroxyl groups is 1. The fourth-order valence-electron chi connectivity index (χ4n) is 2.81. The van der Waals surface area contributed by atoms with E-state index in [0.29, 0.717) is 11.4 Å². The number of aryl methyl sites for hydroxylation is 2. The van der Waals surface area contributed by atoms with Gasteiger partial charge in [-0.3, -0.25) is 0 Å². The maximum atomic E-state index is 13.1. The van der Waals surface area contributed by atoms with Crippen molar-refractivity contribution in [3.05, 3.63) is 47.7 Å². The van der Waals surface area contributed by atoms with Crippen LogP contribution in [0, 0.1) is 12.7 Å². The number of aliphatic hydroxyl groups excluding tert-OH is 1. The van der Waals surface area contributed by atoms with E-state index in [1.54, 1.807) is 30.7 Å². The lowest BCUT2D eigenvalue weighted by Gasteiger charge is -2.23. The van der Waals surface area contributed by atoms with Crippen LogP contribution in [-0.2, 0) is 17.1 Å². The Balaban J connectivity index is 2.00. The van der Waals surface area contributed by atoms with Crippen LogP contribution in [0.3, 0.4) is 0 Å². The topological polar surface area (TPSA) is 75.4 Å². The quantitative estimate of drug-likeness (QED) is 0.916. The Bertz CT molecular complexity index is 797. The minimum Gasteiger partial charge on any atom is -0.392 e. The number of hydrogen-bond donors (Lipinski definition) is 1. The fraction of sp³-hybridized carbons (Fsp3) is 0.400. The molecule has 1 aromatic carbocycles. The van der Waals surface area contributed by atoms with Crippen molar-refractivity contribution in [1.29, 1.82) is 0 Å². The van der Waals surface area contributed by atoms with Crippen molar-refractivity contribution in [2.24, 2.45) is 7.05 Å². The molecule has 2 atom stereocenters. The van der Waals surface area contributed by atoms with Gasteiger partial charge in [-0.15, -0.1) is 0 Å². The van der Waals surface area contributed by atoms with Gasteiger partial charge in [-0.2, -0.15) is 4.31 Å². The molecule has 1 aliphatic rings. The summed E-state index contributed by atoms with van der Waals surface area (Å²) in [6, 6.07) is 5.14. The number of nitrogens with zero attached hydrogens (tertiary/aromatic N) is 3. The molecule has 0 spiro atoms. The molecular formula is C15H18FN3O3S. The normalized spacial score (nSPS) is 22.6. The summed E-state index contributed by atoms with van der Waals surface area (Å²) in [5, 5.41) is 9.91. The van der Waals surface area contributed by atoms with E-state index in [4.69, 9.17) is 0 Å². The van der Waals surface area contributed by atoms with Gasteiger partial charge in [0, 0.05) is 19.8 Å². The van der Waals surface area contributed by atoms with Gasteiger partial charge in [-0.25, -0.2) is 17.8 Å². The molecule has 0 aliphatic carbocycles. The number of rotatable bonds is 3. The van der Waals surface area contributed by atoms with Crippen LogP contribution in [-0.4, -0.2) is 40.0 Å². The van der Waals surface area contributed by atoms with Crippen molar-refractivity contribution in [3.8, 4) is 0 Å². The molecule has 8 heteroatoms. The van der Waals surface area contributed by atoms with Gasteiger partial charge in [0.15, 0.2) is 5.03 Å². The second-order valence-electron chi connectivity index (χ2n) is 5.77. The Morgan fingerprint density at radius 1 is 1.30 bits per heavy atom. The molecule has 2 heterocycles. The summed E-state index contributed by atoms with van der Waals surface area (Å²) in [4.78, 5) is 4.09. The van der Waals surface area contributed by atoms with Crippen LogP contribution in [0.2, 0.25) is 0 Å². The number of halogens is 1. The second-order valence-corrected chi connectivity index (χ2v) is 7.61. The van der Waals surface area contributed by atoms with Crippen molar-refractivity contribution in [1.82, 2.24) is 13.9 Å². The van der Waals surface area contributed by atoms with E-state index in [2.05, 4.69) is 4.98 Å². The first-order valence-corrected chi connectivity index (χ1v) is 8.68. The van der Waals surface area contributed by atoms with E-state index in [1.807, 2.05) is 0 Å². The fourth-order valence-corrected chi connectivity index (χ4v) is 4.50. The predicted octanol–water partition coefficient (Wildman–Crippen LogP) is 1.36. The zero-order valence-corrected chi connectivity index (χ0v) is 13.7. The number of aromatic nitrogens is 2. The van der Waals surface area contributed by atoms with Crippen molar-refractivity contribution >= 4 is 10.0 Å². The molecule has 2 aromatic rings. The molecule has 124 valence electrons. The van der Waals surface area contributed by atoms with E-state index >= 15 is 0 Å². The highest BCUT2D eigenvalue weighted by Crippen LogP contribution is 2.36. The molecule has 1 fully saturated rings. The predicted molar refractivity (Wildman–Crippen MR) is 81.6 cm³/mol. The highest BCUT2D eigenvalue weighted by molar-refractivity contribution is 7.89. The monoisotopic (exact) mass is 339 g/mol. The van der Waals surface area contributed by atoms with Crippen LogP contribution < -0.4 is 0 Å². The van der Waals surface area contributed by atoms with E-state index in [9.17, 15) is 17.9 Å². The number of hydrogen-bond acceptors (Lipinski definition) is 4. The van der Waals surface area contributed by atoms with Crippen LogP contribution in [0.5, 0.6) is 0 Å². The summed E-state index contributed by atoms with van der Waals surface area (Å²) in [5.41, 5.74) is 0.652. The van der Waals surface area contributed by atoms with Gasteiger partial charge in [0.05, 0.1) is 12.1 Å². The molecule has 1 aromatic heterocycles. The zero-order chi connectivity index (χ0) is 16.8. The summed E-state index contributed by atoms with van der Waals surface area (Å²) in [6.07, 6.45) is 0.970. The summed E-state index contributed by atoms with van der Waals surface area (Å²) in [6.45, 7) is 1.72. The zero-order valence-electron chi connectivity index (χ0n) is 12.8. The molecular weight excluding hydrogens is 321 g/mol. The average Bonchev–Trinajstić information content (AvgIpc) is 3.04. The van der Waals surface area contributed by atoms with E-state index in [1.165, 1.54) is 22.6 Å². The average molecular weight is 339 g/mol. The summed E-state index contributed by atoms with van der Waals surface area (Å²) < 4.78 is 41.7. The second kappa shape index (κ2) is 5.70. The number of benzene rings is 1. The number of β-amino-alcohol motifs (C(OH)–C–C–N with tert-alkyl or cyclic N) is 1. The third kappa shape index (κ3) is 2.89. The molecule has 1 aliphatic heterocycles. The van der Waals surface area contributed by atoms with Crippen molar-refractivity contribution in [2.45, 2.75) is 30.5 Å². The van der Waals surface area contributed by atoms with Crippen LogP contribution in [0.1, 0.15) is 23.9 Å². The number of imidazole rings is 1. The highest BCUT2D eigenvalue weighted by atomic mass is 32.2. The van der Waals surface area contributed by atoms with E-state index in [0.717, 1.165) is 0 Å². The molecule has 3 rings (SSSR count). The first-order chi connectivity index (χ1) is 10.8. The Morgan fingerprint density at radius 2 is 1.96 bits per heavy atom. The largest absolute Gasteiger partial charge is 0.392 e. The van der Waals surface area contributed by atoms with Gasteiger partial charge < -0.3 is 9.67 Å². The van der Waals surface area contributed by atoms with Gasteiger partial charge in [0.1, 0.15) is 11.6 Å². The molecule has 0 bridgehead atoms. The minimum atomic E-state index is -3.83. The Kier molecular flexibility index (Phi) is 3.99. The van der Waals surface area contributed by atoms with Gasteiger partial charge in [0.2, 0.25) is 0 Å². The molecule has 1 saturated heterocycles. The number of sulfonamides is 1. The highest BCUT2D eigenvalue weighted by Gasteiger charge is 2.41. The smallest absolute Gasteiger partial charge is 0.262 e. The molecule has 23 heavy (non-hydrogen) atoms. The van der Waals surface area contributed by atoms with E-state index in [-0.39, 0.29) is 23.8 Å². The van der Waals surface area contributed by atoms with Gasteiger partial charge >= 0.3 is 0 Å². The lowest BCUT2D eigenvalue weighted by molar-refractivity contribution is 0.188. The molecule has 0 unspecified atom stereocenters. The molecule has 1 N–H and O–H groups in total. The van der Waals surface area contributed by atoms with Crippen LogP contribution in [0.15, 0.2) is 35.5 Å². The van der Waals surface area contributed by atoms with E-state index < -0.39 is 22.2 Å². The molecule has 0 amide bonds. The summed E-state index contributed by atoms with van der Waals surface area (Å²) in [7, 11) is -2.11. The summed E-state index contributed by atoms with van der Waals surface area (Å²) >= 11 is 0.